The topological polar surface area (TPSA) is 66.8 Å². The van der Waals surface area contributed by atoms with Crippen LogP contribution in [0, 0.1) is 11.3 Å². The van der Waals surface area contributed by atoms with Crippen LogP contribution in [0.2, 0.25) is 0 Å². The highest BCUT2D eigenvalue weighted by Gasteiger charge is 2.44. The van der Waals surface area contributed by atoms with Gasteiger partial charge in [-0.05, 0) is 19.8 Å². The van der Waals surface area contributed by atoms with Crippen molar-refractivity contribution < 1.29 is 19.4 Å². The van der Waals surface area contributed by atoms with Crippen LogP contribution in [-0.4, -0.2) is 47.7 Å². The summed E-state index contributed by atoms with van der Waals surface area (Å²) in [4.78, 5) is 25.9. The van der Waals surface area contributed by atoms with Gasteiger partial charge in [-0.2, -0.15) is 0 Å². The molecular formula is C15H25NO4. The van der Waals surface area contributed by atoms with Crippen LogP contribution in [0.15, 0.2) is 0 Å². The summed E-state index contributed by atoms with van der Waals surface area (Å²) in [5.41, 5.74) is -0.320. The minimum Gasteiger partial charge on any atom is -0.481 e. The first-order chi connectivity index (χ1) is 9.49. The van der Waals surface area contributed by atoms with E-state index < -0.39 is 11.9 Å². The fourth-order valence-electron chi connectivity index (χ4n) is 3.51. The maximum atomic E-state index is 12.9. The van der Waals surface area contributed by atoms with E-state index in [0.29, 0.717) is 13.2 Å². The molecule has 2 fully saturated rings. The van der Waals surface area contributed by atoms with Gasteiger partial charge >= 0.3 is 5.97 Å². The molecule has 1 saturated heterocycles. The maximum Gasteiger partial charge on any atom is 0.311 e. The molecule has 0 aromatic carbocycles. The van der Waals surface area contributed by atoms with Gasteiger partial charge in [0.15, 0.2) is 0 Å². The Kier molecular flexibility index (Phi) is 4.68. The van der Waals surface area contributed by atoms with Crippen molar-refractivity contribution in [2.75, 3.05) is 19.8 Å². The fourth-order valence-corrected chi connectivity index (χ4v) is 3.51. The van der Waals surface area contributed by atoms with Gasteiger partial charge in [-0.15, -0.1) is 0 Å². The quantitative estimate of drug-likeness (QED) is 0.855. The van der Waals surface area contributed by atoms with E-state index in [1.165, 1.54) is 6.42 Å². The van der Waals surface area contributed by atoms with Crippen LogP contribution in [0.25, 0.3) is 0 Å². The largest absolute Gasteiger partial charge is 0.481 e. The Bertz CT molecular complexity index is 376. The van der Waals surface area contributed by atoms with Gasteiger partial charge < -0.3 is 14.7 Å². The first-order valence-corrected chi connectivity index (χ1v) is 7.61. The highest BCUT2D eigenvalue weighted by molar-refractivity contribution is 5.83. The lowest BCUT2D eigenvalue weighted by Gasteiger charge is -2.39. The van der Waals surface area contributed by atoms with E-state index in [1.54, 1.807) is 4.90 Å². The third-order valence-electron chi connectivity index (χ3n) is 4.84. The van der Waals surface area contributed by atoms with Crippen LogP contribution in [0.3, 0.4) is 0 Å². The number of hydrogen-bond acceptors (Lipinski definition) is 3. The third kappa shape index (κ3) is 2.82. The molecule has 1 saturated carbocycles. The van der Waals surface area contributed by atoms with Crippen LogP contribution < -0.4 is 0 Å². The molecule has 2 unspecified atom stereocenters. The van der Waals surface area contributed by atoms with Crippen LogP contribution >= 0.6 is 0 Å². The molecule has 1 N–H and O–H groups in total. The highest BCUT2D eigenvalue weighted by Crippen LogP contribution is 2.38. The normalized spacial score (nSPS) is 29.1. The molecule has 2 atom stereocenters. The van der Waals surface area contributed by atoms with Crippen LogP contribution in [0.5, 0.6) is 0 Å². The molecule has 1 heterocycles. The molecule has 1 amide bonds. The average Bonchev–Trinajstić information content (AvgIpc) is 2.90. The van der Waals surface area contributed by atoms with E-state index in [-0.39, 0.29) is 24.0 Å². The summed E-state index contributed by atoms with van der Waals surface area (Å²) in [7, 11) is 0. The summed E-state index contributed by atoms with van der Waals surface area (Å²) in [6.07, 6.45) is 5.19. The predicted octanol–water partition coefficient (Wildman–Crippen LogP) is 1.90. The molecule has 0 bridgehead atoms. The van der Waals surface area contributed by atoms with Gasteiger partial charge in [-0.3, -0.25) is 9.59 Å². The molecule has 5 nitrogen and oxygen atoms in total. The molecule has 0 aromatic heterocycles. The lowest BCUT2D eigenvalue weighted by atomic mass is 9.74. The molecule has 1 aliphatic heterocycles. The summed E-state index contributed by atoms with van der Waals surface area (Å²) >= 11 is 0. The second-order valence-electron chi connectivity index (χ2n) is 6.26. The Balaban J connectivity index is 2.14. The Labute approximate surface area is 120 Å². The fraction of sp³-hybridized carbons (Fsp3) is 0.867. The molecule has 20 heavy (non-hydrogen) atoms. The van der Waals surface area contributed by atoms with Crippen LogP contribution in [0.1, 0.15) is 46.0 Å². The average molecular weight is 283 g/mol. The number of carbonyl (C=O) groups is 2. The summed E-state index contributed by atoms with van der Waals surface area (Å²) in [5.74, 6) is -1.35. The number of rotatable bonds is 4. The summed E-state index contributed by atoms with van der Waals surface area (Å²) < 4.78 is 5.31. The van der Waals surface area contributed by atoms with Crippen molar-refractivity contribution in [2.24, 2.45) is 11.3 Å². The highest BCUT2D eigenvalue weighted by atomic mass is 16.5. The van der Waals surface area contributed by atoms with E-state index in [2.05, 4.69) is 0 Å². The second-order valence-corrected chi connectivity index (χ2v) is 6.26. The number of ether oxygens (including phenoxy) is 1. The summed E-state index contributed by atoms with van der Waals surface area (Å²) in [5, 5.41) is 9.27. The van der Waals surface area contributed by atoms with E-state index in [4.69, 9.17) is 4.74 Å². The Morgan fingerprint density at radius 1 is 1.25 bits per heavy atom. The lowest BCUT2D eigenvalue weighted by molar-refractivity contribution is -0.150. The van der Waals surface area contributed by atoms with Crippen molar-refractivity contribution in [3.8, 4) is 0 Å². The maximum absolute atomic E-state index is 12.9. The first kappa shape index (κ1) is 15.3. The molecule has 2 rings (SSSR count). The first-order valence-electron chi connectivity index (χ1n) is 7.61. The minimum atomic E-state index is -0.868. The Morgan fingerprint density at radius 2 is 1.90 bits per heavy atom. The molecule has 0 spiro atoms. The number of hydrogen-bond donors (Lipinski definition) is 1. The smallest absolute Gasteiger partial charge is 0.311 e. The molecule has 0 radical (unpaired) electrons. The van der Waals surface area contributed by atoms with Gasteiger partial charge in [0.05, 0.1) is 19.3 Å². The molecular weight excluding hydrogens is 258 g/mol. The minimum absolute atomic E-state index is 0.112. The zero-order valence-corrected chi connectivity index (χ0v) is 12.4. The van der Waals surface area contributed by atoms with Crippen molar-refractivity contribution in [2.45, 2.75) is 52.0 Å². The number of aliphatic carboxylic acids is 1. The zero-order chi connectivity index (χ0) is 14.8. The number of likely N-dealkylation sites (N-methyl/N-ethyl adjacent to an activating group) is 1. The zero-order valence-electron chi connectivity index (χ0n) is 12.4. The summed E-state index contributed by atoms with van der Waals surface area (Å²) in [6.45, 7) is 5.05. The van der Waals surface area contributed by atoms with Gasteiger partial charge in [-0.25, -0.2) is 0 Å². The third-order valence-corrected chi connectivity index (χ3v) is 4.84. The second kappa shape index (κ2) is 6.12. The number of carboxylic acids is 1. The molecule has 1 aliphatic carbocycles. The Hall–Kier alpha value is -1.10. The van der Waals surface area contributed by atoms with Gasteiger partial charge in [-0.1, -0.05) is 26.2 Å². The molecule has 0 aromatic rings. The van der Waals surface area contributed by atoms with Crippen molar-refractivity contribution in [3.05, 3.63) is 0 Å². The van der Waals surface area contributed by atoms with Gasteiger partial charge in [0.2, 0.25) is 5.91 Å². The number of amides is 1. The van der Waals surface area contributed by atoms with E-state index >= 15 is 0 Å². The van der Waals surface area contributed by atoms with Crippen LogP contribution in [0.4, 0.5) is 0 Å². The van der Waals surface area contributed by atoms with Crippen molar-refractivity contribution in [3.63, 3.8) is 0 Å². The van der Waals surface area contributed by atoms with Gasteiger partial charge in [0.1, 0.15) is 5.92 Å². The number of carbonyl (C=O) groups excluding carboxylic acids is 1. The van der Waals surface area contributed by atoms with Crippen molar-refractivity contribution in [1.29, 1.82) is 0 Å². The van der Waals surface area contributed by atoms with E-state index in [0.717, 1.165) is 25.7 Å². The number of nitrogens with zero attached hydrogens (tertiary/aromatic N) is 1. The SMILES string of the molecule is CCN(C(=O)C1(C)CCCCC1)C1COCC1C(=O)O. The Morgan fingerprint density at radius 3 is 2.45 bits per heavy atom. The van der Waals surface area contributed by atoms with E-state index in [1.807, 2.05) is 13.8 Å². The standard InChI is InChI=1S/C15H25NO4/c1-3-16(12-10-20-9-11(12)13(17)18)14(19)15(2)7-5-4-6-8-15/h11-12H,3-10H2,1-2H3,(H,17,18). The lowest BCUT2D eigenvalue weighted by Crippen LogP contribution is -2.52. The summed E-state index contributed by atoms with van der Waals surface area (Å²) in [6, 6.07) is -0.316. The van der Waals surface area contributed by atoms with E-state index in [9.17, 15) is 14.7 Å². The molecule has 5 heteroatoms. The van der Waals surface area contributed by atoms with Gasteiger partial charge in [0, 0.05) is 12.0 Å². The van der Waals surface area contributed by atoms with Crippen LogP contribution in [-0.2, 0) is 14.3 Å². The number of carboxylic acid groups (broad SMARTS) is 1. The monoisotopic (exact) mass is 283 g/mol. The molecule has 114 valence electrons. The van der Waals surface area contributed by atoms with Crippen molar-refractivity contribution in [1.82, 2.24) is 4.90 Å². The molecule has 2 aliphatic rings. The van der Waals surface area contributed by atoms with Crippen molar-refractivity contribution >= 4 is 11.9 Å². The van der Waals surface area contributed by atoms with Gasteiger partial charge in [0.25, 0.3) is 0 Å². The predicted molar refractivity (Wildman–Crippen MR) is 74.3 cm³/mol.